The average Bonchev–Trinajstić information content (AvgIpc) is 2.70. The number of amidine groups is 1. The molecule has 0 saturated heterocycles. The van der Waals surface area contributed by atoms with Crippen molar-refractivity contribution >= 4 is 34.7 Å². The van der Waals surface area contributed by atoms with Gasteiger partial charge in [-0.05, 0) is 24.6 Å². The molecule has 2 N–H and O–H groups in total. The Morgan fingerprint density at radius 3 is 2.58 bits per heavy atom. The smallest absolute Gasteiger partial charge is 0.243 e. The fraction of sp³-hybridized carbons (Fsp3) is 0.158. The first-order valence-electron chi connectivity index (χ1n) is 7.69. The van der Waals surface area contributed by atoms with Gasteiger partial charge < -0.3 is 10.6 Å². The van der Waals surface area contributed by atoms with Gasteiger partial charge >= 0.3 is 0 Å². The molecule has 4 nitrogen and oxygen atoms in total. The fourth-order valence-corrected chi connectivity index (χ4v) is 2.67. The number of aliphatic imine (C=N–C) groups is 1. The third kappa shape index (κ3) is 3.34. The molecular weight excluding hydrogens is 322 g/mol. The van der Waals surface area contributed by atoms with Crippen LogP contribution in [-0.4, -0.2) is 17.1 Å². The molecule has 3 rings (SSSR count). The van der Waals surface area contributed by atoms with Gasteiger partial charge in [-0.1, -0.05) is 49.0 Å². The average molecular weight is 340 g/mol. The lowest BCUT2D eigenvalue weighted by Gasteiger charge is -2.21. The summed E-state index contributed by atoms with van der Waals surface area (Å²) < 4.78 is 0. The number of benzene rings is 2. The minimum atomic E-state index is -0.649. The summed E-state index contributed by atoms with van der Waals surface area (Å²) in [5, 5.41) is 5.52. The first-order chi connectivity index (χ1) is 11.6. The van der Waals surface area contributed by atoms with Crippen molar-refractivity contribution in [2.45, 2.75) is 18.2 Å². The molecule has 5 heteroatoms. The summed E-state index contributed by atoms with van der Waals surface area (Å²) in [4.78, 5) is 16.8. The van der Waals surface area contributed by atoms with Gasteiger partial charge in [0.2, 0.25) is 5.91 Å². The zero-order valence-corrected chi connectivity index (χ0v) is 14.0. The van der Waals surface area contributed by atoms with Crippen LogP contribution in [0.4, 0.5) is 11.4 Å². The Morgan fingerprint density at radius 2 is 1.88 bits per heavy atom. The second kappa shape index (κ2) is 6.89. The summed E-state index contributed by atoms with van der Waals surface area (Å²) in [5.74, 6) is -0.0531. The Morgan fingerprint density at radius 1 is 1.21 bits per heavy atom. The second-order valence-electron chi connectivity index (χ2n) is 5.61. The minimum absolute atomic E-state index is 0.280. The molecule has 2 atom stereocenters. The topological polar surface area (TPSA) is 53.5 Å². The van der Waals surface area contributed by atoms with Crippen molar-refractivity contribution < 1.29 is 4.79 Å². The van der Waals surface area contributed by atoms with Gasteiger partial charge in [0.1, 0.15) is 11.2 Å². The van der Waals surface area contributed by atoms with Gasteiger partial charge in [-0.25, -0.2) is 4.99 Å². The number of hydrogen-bond donors (Lipinski definition) is 2. The number of halogens is 1. The second-order valence-corrected chi connectivity index (χ2v) is 6.27. The van der Waals surface area contributed by atoms with Gasteiger partial charge in [-0.2, -0.15) is 0 Å². The van der Waals surface area contributed by atoms with Crippen LogP contribution >= 0.6 is 11.6 Å². The zero-order chi connectivity index (χ0) is 17.1. The Hall–Kier alpha value is -2.59. The molecule has 0 saturated carbocycles. The number of nitrogens with one attached hydrogen (secondary N) is 2. The number of alkyl halides is 1. The Labute approximate surface area is 146 Å². The lowest BCUT2D eigenvalue weighted by atomic mass is 9.94. The van der Waals surface area contributed by atoms with Crippen LogP contribution in [0.5, 0.6) is 0 Å². The van der Waals surface area contributed by atoms with Crippen molar-refractivity contribution in [2.24, 2.45) is 4.99 Å². The van der Waals surface area contributed by atoms with Crippen LogP contribution in [0, 0.1) is 0 Å². The van der Waals surface area contributed by atoms with Crippen LogP contribution in [0.15, 0.2) is 71.9 Å². The highest BCUT2D eigenvalue weighted by Gasteiger charge is 2.27. The van der Waals surface area contributed by atoms with Gasteiger partial charge in [0.05, 0.1) is 17.3 Å². The number of carbonyl (C=O) groups is 1. The number of amides is 1. The maximum atomic E-state index is 12.1. The molecule has 24 heavy (non-hydrogen) atoms. The van der Waals surface area contributed by atoms with Crippen LogP contribution < -0.4 is 10.6 Å². The van der Waals surface area contributed by atoms with Crippen molar-refractivity contribution in [2.75, 3.05) is 5.32 Å². The van der Waals surface area contributed by atoms with E-state index in [1.54, 1.807) is 6.92 Å². The van der Waals surface area contributed by atoms with Crippen LogP contribution in [0.25, 0.3) is 0 Å². The number of fused-ring (bicyclic) bond motifs is 1. The molecule has 0 radical (unpaired) electrons. The van der Waals surface area contributed by atoms with Crippen molar-refractivity contribution in [1.82, 2.24) is 5.32 Å². The number of anilines is 1. The van der Waals surface area contributed by atoms with E-state index in [1.165, 1.54) is 0 Å². The van der Waals surface area contributed by atoms with Gasteiger partial charge in [-0.15, -0.1) is 11.6 Å². The predicted molar refractivity (Wildman–Crippen MR) is 98.9 cm³/mol. The molecule has 0 fully saturated rings. The fourth-order valence-electron chi connectivity index (χ4n) is 2.61. The third-order valence-corrected chi connectivity index (χ3v) is 4.01. The molecule has 0 spiro atoms. The van der Waals surface area contributed by atoms with Gasteiger partial charge in [-0.3, -0.25) is 4.79 Å². The monoisotopic (exact) mass is 339 g/mol. The summed E-state index contributed by atoms with van der Waals surface area (Å²) in [6.45, 7) is 5.79. The molecule has 1 aliphatic heterocycles. The van der Waals surface area contributed by atoms with Crippen LogP contribution in [-0.2, 0) is 4.79 Å². The summed E-state index contributed by atoms with van der Waals surface area (Å²) >= 11 is 5.91. The number of para-hydroxylation sites is 2. The van der Waals surface area contributed by atoms with E-state index in [2.05, 4.69) is 22.2 Å². The van der Waals surface area contributed by atoms with Crippen molar-refractivity contribution in [3.8, 4) is 0 Å². The molecule has 1 aliphatic rings. The highest BCUT2D eigenvalue weighted by atomic mass is 35.5. The van der Waals surface area contributed by atoms with Crippen LogP contribution in [0.1, 0.15) is 18.4 Å². The van der Waals surface area contributed by atoms with E-state index in [4.69, 9.17) is 11.6 Å². The van der Waals surface area contributed by atoms with Crippen molar-refractivity contribution in [1.29, 1.82) is 0 Å². The minimum Gasteiger partial charge on any atom is -0.357 e. The molecule has 2 unspecified atom stereocenters. The normalized spacial score (nSPS) is 17.8. The summed E-state index contributed by atoms with van der Waals surface area (Å²) in [6.07, 6.45) is 0. The number of carbonyl (C=O) groups excluding carboxylic acids is 1. The molecule has 122 valence electrons. The Kier molecular flexibility index (Phi) is 4.67. The van der Waals surface area contributed by atoms with Crippen LogP contribution in [0.2, 0.25) is 0 Å². The predicted octanol–water partition coefficient (Wildman–Crippen LogP) is 4.18. The van der Waals surface area contributed by atoms with Gasteiger partial charge in [0.15, 0.2) is 0 Å². The Bertz CT molecular complexity index is 799. The molecule has 1 amide bonds. The molecule has 0 aromatic heterocycles. The molecule has 2 aromatic carbocycles. The van der Waals surface area contributed by atoms with Gasteiger partial charge in [0.25, 0.3) is 0 Å². The maximum Gasteiger partial charge on any atom is 0.243 e. The summed E-state index contributed by atoms with van der Waals surface area (Å²) in [7, 11) is 0. The largest absolute Gasteiger partial charge is 0.357 e. The number of nitrogens with zero attached hydrogens (tertiary/aromatic N) is 1. The molecule has 1 heterocycles. The molecule has 0 aliphatic carbocycles. The molecule has 2 aromatic rings. The lowest BCUT2D eigenvalue weighted by molar-refractivity contribution is -0.119. The first kappa shape index (κ1) is 16.3. The SMILES string of the molecule is C=C1Nc2ccccc2N=C(NC(=O)C(C)Cl)C1c1ccccc1. The van der Waals surface area contributed by atoms with Crippen molar-refractivity contribution in [3.63, 3.8) is 0 Å². The number of rotatable bonds is 2. The van der Waals surface area contributed by atoms with E-state index in [0.29, 0.717) is 5.84 Å². The van der Waals surface area contributed by atoms with Gasteiger partial charge in [0, 0.05) is 5.70 Å². The van der Waals surface area contributed by atoms with Crippen molar-refractivity contribution in [3.05, 3.63) is 72.4 Å². The highest BCUT2D eigenvalue weighted by molar-refractivity contribution is 6.32. The van der Waals surface area contributed by atoms with E-state index in [0.717, 1.165) is 22.6 Å². The quantitative estimate of drug-likeness (QED) is 0.806. The standard InChI is InChI=1S/C19H18ClN3O/c1-12(20)19(24)23-18-17(14-8-4-3-5-9-14)13(2)21-15-10-6-7-11-16(15)22-18/h3-12,17,21H,2H2,1H3,(H,22,23,24). The van der Waals surface area contributed by atoms with Crippen LogP contribution in [0.3, 0.4) is 0 Å². The maximum absolute atomic E-state index is 12.1. The number of hydrogen-bond acceptors (Lipinski definition) is 3. The summed E-state index contributed by atoms with van der Waals surface area (Å²) in [5.41, 5.74) is 3.33. The zero-order valence-electron chi connectivity index (χ0n) is 13.3. The molecule has 0 bridgehead atoms. The molecular formula is C19H18ClN3O. The lowest BCUT2D eigenvalue weighted by Crippen LogP contribution is -2.39. The van der Waals surface area contributed by atoms with E-state index >= 15 is 0 Å². The Balaban J connectivity index is 2.09. The van der Waals surface area contributed by atoms with E-state index in [1.807, 2.05) is 54.6 Å². The third-order valence-electron chi connectivity index (χ3n) is 3.81. The first-order valence-corrected chi connectivity index (χ1v) is 8.13. The van der Waals surface area contributed by atoms with E-state index < -0.39 is 5.38 Å². The van der Waals surface area contributed by atoms with E-state index in [9.17, 15) is 4.79 Å². The van der Waals surface area contributed by atoms with E-state index in [-0.39, 0.29) is 11.8 Å². The highest BCUT2D eigenvalue weighted by Crippen LogP contribution is 2.35. The summed E-state index contributed by atoms with van der Waals surface area (Å²) in [6, 6.07) is 17.5.